The summed E-state index contributed by atoms with van der Waals surface area (Å²) < 4.78 is 35.3. The number of nitriles is 1. The normalized spacial score (nSPS) is 11.2. The molecule has 0 spiro atoms. The Hall–Kier alpha value is -4.79. The van der Waals surface area contributed by atoms with Crippen molar-refractivity contribution in [2.75, 3.05) is 19.0 Å². The molecule has 184 valence electrons. The van der Waals surface area contributed by atoms with Crippen LogP contribution in [0.2, 0.25) is 0 Å². The van der Waals surface area contributed by atoms with Gasteiger partial charge in [-0.25, -0.2) is 9.97 Å². The van der Waals surface area contributed by atoms with Gasteiger partial charge >= 0.3 is 0 Å². The Labute approximate surface area is 203 Å². The number of hydrogen-bond acceptors (Lipinski definition) is 7. The van der Waals surface area contributed by atoms with Crippen LogP contribution >= 0.6 is 0 Å². The largest absolute Gasteiger partial charge is 0.497 e. The zero-order chi connectivity index (χ0) is 25.7. The number of aromatic nitrogens is 4. The number of nitrogens with zero attached hydrogens (tertiary/aromatic N) is 4. The zero-order valence-electron chi connectivity index (χ0n) is 19.1. The maximum Gasteiger partial charge on any atom is 0.294 e. The summed E-state index contributed by atoms with van der Waals surface area (Å²) in [6.45, 7) is -1.29. The molecule has 0 aliphatic carbocycles. The van der Waals surface area contributed by atoms with E-state index in [-0.39, 0.29) is 23.6 Å². The maximum atomic E-state index is 14.7. The van der Waals surface area contributed by atoms with Crippen LogP contribution in [-0.2, 0) is 23.8 Å². The third-order valence-electron chi connectivity index (χ3n) is 5.39. The first-order chi connectivity index (χ1) is 17.3. The van der Waals surface area contributed by atoms with Gasteiger partial charge in [0.1, 0.15) is 29.7 Å². The number of alkyl halides is 2. The molecule has 10 nitrogen and oxygen atoms in total. The number of hydrogen-bond donors (Lipinski definition) is 3. The molecule has 3 heterocycles. The first kappa shape index (κ1) is 24.3. The lowest BCUT2D eigenvalue weighted by Crippen LogP contribution is -2.36. The molecule has 0 aliphatic rings. The number of ether oxygens (including phenoxy) is 1. The lowest BCUT2D eigenvalue weighted by Gasteiger charge is -2.18. The van der Waals surface area contributed by atoms with Crippen LogP contribution in [0.1, 0.15) is 16.8 Å². The minimum atomic E-state index is -3.35. The number of amides is 1. The minimum absolute atomic E-state index is 0.145. The van der Waals surface area contributed by atoms with Gasteiger partial charge < -0.3 is 20.4 Å². The Morgan fingerprint density at radius 1 is 1.25 bits per heavy atom. The van der Waals surface area contributed by atoms with Gasteiger partial charge in [-0.15, -0.1) is 0 Å². The number of rotatable bonds is 9. The number of halogens is 2. The lowest BCUT2D eigenvalue weighted by atomic mass is 10.1. The molecule has 0 radical (unpaired) electrons. The minimum Gasteiger partial charge on any atom is -0.497 e. The van der Waals surface area contributed by atoms with Gasteiger partial charge in [0, 0.05) is 29.9 Å². The fourth-order valence-electron chi connectivity index (χ4n) is 3.48. The highest BCUT2D eigenvalue weighted by molar-refractivity contribution is 5.77. The van der Waals surface area contributed by atoms with Crippen LogP contribution < -0.4 is 20.9 Å². The van der Waals surface area contributed by atoms with Crippen LogP contribution in [0.4, 0.5) is 14.6 Å². The number of carbonyl (C=O) groups is 1. The molecule has 0 aliphatic heterocycles. The Kier molecular flexibility index (Phi) is 6.91. The molecule has 0 saturated carbocycles. The van der Waals surface area contributed by atoms with Crippen molar-refractivity contribution in [2.24, 2.45) is 0 Å². The number of pyridine rings is 1. The van der Waals surface area contributed by atoms with Gasteiger partial charge in [-0.3, -0.25) is 14.2 Å². The van der Waals surface area contributed by atoms with E-state index in [1.807, 2.05) is 12.1 Å². The van der Waals surface area contributed by atoms with E-state index >= 15 is 0 Å². The van der Waals surface area contributed by atoms with E-state index in [0.717, 1.165) is 21.7 Å². The van der Waals surface area contributed by atoms with Gasteiger partial charge in [0.25, 0.3) is 11.5 Å². The third kappa shape index (κ3) is 5.30. The summed E-state index contributed by atoms with van der Waals surface area (Å²) in [5, 5.41) is 15.2. The monoisotopic (exact) mass is 493 g/mol. The van der Waals surface area contributed by atoms with Crippen molar-refractivity contribution >= 4 is 22.8 Å². The highest BCUT2D eigenvalue weighted by atomic mass is 19.3. The van der Waals surface area contributed by atoms with Gasteiger partial charge in [0.05, 0.1) is 19.9 Å². The van der Waals surface area contributed by atoms with E-state index in [0.29, 0.717) is 5.65 Å². The van der Waals surface area contributed by atoms with Crippen molar-refractivity contribution < 1.29 is 18.3 Å². The number of benzene rings is 1. The highest BCUT2D eigenvalue weighted by Crippen LogP contribution is 2.30. The topological polar surface area (TPSA) is 138 Å². The molecule has 4 aromatic rings. The Balaban J connectivity index is 1.45. The Morgan fingerprint density at radius 3 is 2.86 bits per heavy atom. The summed E-state index contributed by atoms with van der Waals surface area (Å²) in [7, 11) is 1.37. The quantitative estimate of drug-likeness (QED) is 0.326. The van der Waals surface area contributed by atoms with Gasteiger partial charge in [0.15, 0.2) is 5.82 Å². The first-order valence-corrected chi connectivity index (χ1v) is 10.8. The standard InChI is InChI=1S/C24H21F2N7O3/c1-36-19-4-2-3-17(8-19)24(25,26)14-32-22-23(35)33(18(9-27)12-31-22)13-20(34)29-10-15-7-16-5-6-28-21(16)30-11-15/h2-8,11-12H,10,13-14H2,1H3,(H,28,30)(H,29,34)(H,31,32). The number of aromatic amines is 1. The van der Waals surface area contributed by atoms with E-state index < -0.39 is 36.3 Å². The van der Waals surface area contributed by atoms with Crippen LogP contribution in [0, 0.1) is 11.3 Å². The average Bonchev–Trinajstić information content (AvgIpc) is 3.36. The SMILES string of the molecule is COc1cccc(C(F)(F)CNc2ncc(C#N)n(CC(=O)NCc3cnc4[nH]ccc4c3)c2=O)c1. The number of carbonyl (C=O) groups excluding carboxylic acids is 1. The van der Waals surface area contributed by atoms with Crippen molar-refractivity contribution in [1.29, 1.82) is 5.26 Å². The molecule has 36 heavy (non-hydrogen) atoms. The van der Waals surface area contributed by atoms with Crippen LogP contribution in [0.25, 0.3) is 11.0 Å². The van der Waals surface area contributed by atoms with E-state index in [4.69, 9.17) is 4.74 Å². The first-order valence-electron chi connectivity index (χ1n) is 10.8. The predicted octanol–water partition coefficient (Wildman–Crippen LogP) is 2.52. The summed E-state index contributed by atoms with van der Waals surface area (Å²) in [5.41, 5.74) is 0.0796. The smallest absolute Gasteiger partial charge is 0.294 e. The van der Waals surface area contributed by atoms with Crippen molar-refractivity contribution in [3.05, 3.63) is 82.2 Å². The van der Waals surface area contributed by atoms with Gasteiger partial charge in [-0.05, 0) is 29.8 Å². The highest BCUT2D eigenvalue weighted by Gasteiger charge is 2.32. The molecule has 1 amide bonds. The molecule has 3 N–H and O–H groups in total. The summed E-state index contributed by atoms with van der Waals surface area (Å²) in [4.78, 5) is 36.4. The second kappa shape index (κ2) is 10.2. The molecular weight excluding hydrogens is 472 g/mol. The molecule has 0 bridgehead atoms. The van der Waals surface area contributed by atoms with Crippen LogP contribution in [0.3, 0.4) is 0 Å². The molecule has 0 unspecified atom stereocenters. The van der Waals surface area contributed by atoms with E-state index in [1.54, 1.807) is 18.5 Å². The van der Waals surface area contributed by atoms with E-state index in [9.17, 15) is 23.6 Å². The third-order valence-corrected chi connectivity index (χ3v) is 5.39. The van der Waals surface area contributed by atoms with Gasteiger partial charge in [-0.2, -0.15) is 14.0 Å². The van der Waals surface area contributed by atoms with Gasteiger partial charge in [0.2, 0.25) is 5.91 Å². The molecule has 0 fully saturated rings. The average molecular weight is 493 g/mol. The maximum absolute atomic E-state index is 14.7. The molecular formula is C24H21F2N7O3. The Bertz CT molecular complexity index is 1510. The van der Waals surface area contributed by atoms with Crippen molar-refractivity contribution in [1.82, 2.24) is 24.8 Å². The van der Waals surface area contributed by atoms with E-state index in [2.05, 4.69) is 25.6 Å². The van der Waals surface area contributed by atoms with Crippen molar-refractivity contribution in [3.8, 4) is 11.8 Å². The summed E-state index contributed by atoms with van der Waals surface area (Å²) in [5.74, 6) is -4.05. The van der Waals surface area contributed by atoms with Crippen LogP contribution in [0.15, 0.2) is 59.8 Å². The van der Waals surface area contributed by atoms with Gasteiger partial charge in [-0.1, -0.05) is 12.1 Å². The predicted molar refractivity (Wildman–Crippen MR) is 127 cm³/mol. The van der Waals surface area contributed by atoms with Crippen molar-refractivity contribution in [2.45, 2.75) is 19.0 Å². The number of H-pyrrole nitrogens is 1. The molecule has 4 rings (SSSR count). The molecule has 0 saturated heterocycles. The number of anilines is 1. The molecule has 12 heteroatoms. The molecule has 0 atom stereocenters. The molecule has 3 aromatic heterocycles. The summed E-state index contributed by atoms with van der Waals surface area (Å²) >= 11 is 0. The number of fused-ring (bicyclic) bond motifs is 1. The van der Waals surface area contributed by atoms with Crippen molar-refractivity contribution in [3.63, 3.8) is 0 Å². The number of nitrogens with one attached hydrogen (secondary N) is 3. The summed E-state index contributed by atoms with van der Waals surface area (Å²) in [6.07, 6.45) is 4.39. The van der Waals surface area contributed by atoms with E-state index in [1.165, 1.54) is 31.4 Å². The second-order valence-corrected chi connectivity index (χ2v) is 7.82. The van der Waals surface area contributed by atoms with Crippen LogP contribution in [0.5, 0.6) is 5.75 Å². The summed E-state index contributed by atoms with van der Waals surface area (Å²) in [6, 6.07) is 10.9. The fraction of sp³-hybridized carbons (Fsp3) is 0.208. The molecule has 1 aromatic carbocycles. The Morgan fingerprint density at radius 2 is 2.08 bits per heavy atom. The zero-order valence-corrected chi connectivity index (χ0v) is 19.1. The fourth-order valence-corrected chi connectivity index (χ4v) is 3.48. The van der Waals surface area contributed by atoms with Crippen LogP contribution in [-0.4, -0.2) is 39.1 Å². The second-order valence-electron chi connectivity index (χ2n) is 7.82. The lowest BCUT2D eigenvalue weighted by molar-refractivity contribution is -0.121. The number of methoxy groups -OCH3 is 1.